The van der Waals surface area contributed by atoms with E-state index >= 15 is 0 Å². The molecule has 0 spiro atoms. The van der Waals surface area contributed by atoms with Gasteiger partial charge in [0.1, 0.15) is 5.75 Å². The zero-order chi connectivity index (χ0) is 11.1. The van der Waals surface area contributed by atoms with Crippen LogP contribution in [0.15, 0.2) is 24.3 Å². The highest BCUT2D eigenvalue weighted by atomic mass is 16.5. The summed E-state index contributed by atoms with van der Waals surface area (Å²) in [5.41, 5.74) is 7.59. The molecule has 15 heavy (non-hydrogen) atoms. The molecule has 0 atom stereocenters. The summed E-state index contributed by atoms with van der Waals surface area (Å²) >= 11 is 0. The van der Waals surface area contributed by atoms with Gasteiger partial charge in [-0.2, -0.15) is 0 Å². The number of nitrogens with two attached hydrogens (primary N) is 1. The number of benzene rings is 1. The molecule has 2 rings (SSSR count). The van der Waals surface area contributed by atoms with Crippen LogP contribution in [0.2, 0.25) is 0 Å². The molecule has 1 aromatic carbocycles. The molecule has 1 saturated carbocycles. The van der Waals surface area contributed by atoms with E-state index in [0.29, 0.717) is 0 Å². The van der Waals surface area contributed by atoms with Crippen LogP contribution in [0.3, 0.4) is 0 Å². The lowest BCUT2D eigenvalue weighted by atomic mass is 9.76. The monoisotopic (exact) mass is 205 g/mol. The maximum atomic E-state index is 6.31. The topological polar surface area (TPSA) is 35.2 Å². The van der Waals surface area contributed by atoms with Crippen LogP contribution in [0.4, 0.5) is 0 Å². The first-order valence-corrected chi connectivity index (χ1v) is 5.43. The van der Waals surface area contributed by atoms with Gasteiger partial charge in [-0.1, -0.05) is 26.0 Å². The highest BCUT2D eigenvalue weighted by Gasteiger charge is 2.51. The Bertz CT molecular complexity index is 367. The van der Waals surface area contributed by atoms with Crippen LogP contribution in [0.5, 0.6) is 5.75 Å². The molecule has 0 aliphatic heterocycles. The second-order valence-corrected chi connectivity index (χ2v) is 5.01. The summed E-state index contributed by atoms with van der Waals surface area (Å²) in [7, 11) is 1.70. The first kappa shape index (κ1) is 10.5. The van der Waals surface area contributed by atoms with Crippen molar-refractivity contribution in [1.82, 2.24) is 0 Å². The molecule has 0 radical (unpaired) electrons. The molecule has 1 aromatic rings. The lowest BCUT2D eigenvalue weighted by Crippen LogP contribution is -2.43. The third-order valence-electron chi connectivity index (χ3n) is 3.82. The van der Waals surface area contributed by atoms with Crippen LogP contribution in [-0.2, 0) is 5.41 Å². The fourth-order valence-corrected chi connectivity index (χ4v) is 2.06. The van der Waals surface area contributed by atoms with Gasteiger partial charge < -0.3 is 10.5 Å². The number of ether oxygens (including phenoxy) is 1. The predicted molar refractivity (Wildman–Crippen MR) is 62.2 cm³/mol. The zero-order valence-corrected chi connectivity index (χ0v) is 9.71. The average molecular weight is 205 g/mol. The molecule has 1 fully saturated rings. The van der Waals surface area contributed by atoms with Crippen molar-refractivity contribution in [3.05, 3.63) is 29.8 Å². The Hall–Kier alpha value is -1.02. The normalized spacial score (nSPS) is 18.7. The fraction of sp³-hybridized carbons (Fsp3) is 0.538. The van der Waals surface area contributed by atoms with E-state index in [-0.39, 0.29) is 11.0 Å². The van der Waals surface area contributed by atoms with Crippen molar-refractivity contribution in [2.24, 2.45) is 5.73 Å². The van der Waals surface area contributed by atoms with E-state index in [9.17, 15) is 0 Å². The van der Waals surface area contributed by atoms with Gasteiger partial charge in [-0.3, -0.25) is 0 Å². The first-order valence-electron chi connectivity index (χ1n) is 5.43. The minimum atomic E-state index is -0.0145. The van der Waals surface area contributed by atoms with Crippen molar-refractivity contribution in [3.63, 3.8) is 0 Å². The van der Waals surface area contributed by atoms with Crippen LogP contribution >= 0.6 is 0 Å². The van der Waals surface area contributed by atoms with Crippen molar-refractivity contribution in [2.75, 3.05) is 7.11 Å². The van der Waals surface area contributed by atoms with Crippen LogP contribution < -0.4 is 10.5 Å². The van der Waals surface area contributed by atoms with E-state index in [1.807, 2.05) is 12.1 Å². The van der Waals surface area contributed by atoms with Gasteiger partial charge in [-0.05, 0) is 30.5 Å². The molecule has 0 amide bonds. The molecular formula is C13H19NO. The van der Waals surface area contributed by atoms with Gasteiger partial charge in [0, 0.05) is 11.0 Å². The highest BCUT2D eigenvalue weighted by molar-refractivity contribution is 5.37. The summed E-state index contributed by atoms with van der Waals surface area (Å²) < 4.78 is 5.24. The Kier molecular flexibility index (Phi) is 2.27. The molecule has 0 saturated heterocycles. The Morgan fingerprint density at radius 1 is 1.33 bits per heavy atom. The maximum Gasteiger partial charge on any atom is 0.119 e. The summed E-state index contributed by atoms with van der Waals surface area (Å²) in [6.45, 7) is 4.43. The number of hydrogen-bond acceptors (Lipinski definition) is 2. The van der Waals surface area contributed by atoms with E-state index in [1.54, 1.807) is 7.11 Å². The third-order valence-corrected chi connectivity index (χ3v) is 3.82. The van der Waals surface area contributed by atoms with Crippen molar-refractivity contribution < 1.29 is 4.74 Å². The predicted octanol–water partition coefficient (Wildman–Crippen LogP) is 2.46. The van der Waals surface area contributed by atoms with Gasteiger partial charge in [-0.25, -0.2) is 0 Å². The van der Waals surface area contributed by atoms with Crippen LogP contribution in [0.25, 0.3) is 0 Å². The number of methoxy groups -OCH3 is 1. The highest BCUT2D eigenvalue weighted by Crippen LogP contribution is 2.49. The van der Waals surface area contributed by atoms with Gasteiger partial charge in [-0.15, -0.1) is 0 Å². The minimum Gasteiger partial charge on any atom is -0.497 e. The number of rotatable bonds is 3. The molecule has 0 unspecified atom stereocenters. The third kappa shape index (κ3) is 1.63. The van der Waals surface area contributed by atoms with E-state index in [2.05, 4.69) is 26.0 Å². The molecule has 1 aliphatic carbocycles. The molecule has 0 bridgehead atoms. The second-order valence-electron chi connectivity index (χ2n) is 5.01. The van der Waals surface area contributed by atoms with Crippen LogP contribution in [0.1, 0.15) is 32.3 Å². The van der Waals surface area contributed by atoms with E-state index in [4.69, 9.17) is 10.5 Å². The minimum absolute atomic E-state index is 0.0145. The Labute approximate surface area is 91.4 Å². The lowest BCUT2D eigenvalue weighted by molar-refractivity contribution is 0.383. The van der Waals surface area contributed by atoms with E-state index in [0.717, 1.165) is 18.6 Å². The Morgan fingerprint density at radius 3 is 2.53 bits per heavy atom. The van der Waals surface area contributed by atoms with Crippen molar-refractivity contribution in [2.45, 2.75) is 37.6 Å². The largest absolute Gasteiger partial charge is 0.497 e. The molecule has 0 heterocycles. The molecule has 2 heteroatoms. The molecular weight excluding hydrogens is 186 g/mol. The van der Waals surface area contributed by atoms with Gasteiger partial charge in [0.15, 0.2) is 0 Å². The summed E-state index contributed by atoms with van der Waals surface area (Å²) in [5, 5.41) is 0. The fourth-order valence-electron chi connectivity index (χ4n) is 2.06. The van der Waals surface area contributed by atoms with Crippen molar-refractivity contribution in [1.29, 1.82) is 0 Å². The average Bonchev–Trinajstić information content (AvgIpc) is 2.98. The van der Waals surface area contributed by atoms with Crippen molar-refractivity contribution in [3.8, 4) is 5.75 Å². The Balaban J connectivity index is 2.36. The van der Waals surface area contributed by atoms with E-state index < -0.39 is 0 Å². The summed E-state index contributed by atoms with van der Waals surface area (Å²) in [6.07, 6.45) is 2.24. The van der Waals surface area contributed by atoms with Gasteiger partial charge >= 0.3 is 0 Å². The SMILES string of the molecule is COc1cccc(C(C)(C)C2(N)CC2)c1. The standard InChI is InChI=1S/C13H19NO/c1-12(2,13(14)7-8-13)10-5-4-6-11(9-10)15-3/h4-6,9H,7-8,14H2,1-3H3. The van der Waals surface area contributed by atoms with E-state index in [1.165, 1.54) is 5.56 Å². The first-order chi connectivity index (χ1) is 6.99. The van der Waals surface area contributed by atoms with Gasteiger partial charge in [0.05, 0.1) is 7.11 Å². The Morgan fingerprint density at radius 2 is 2.00 bits per heavy atom. The summed E-state index contributed by atoms with van der Waals surface area (Å²) in [5.74, 6) is 0.907. The lowest BCUT2D eigenvalue weighted by Gasteiger charge is -2.32. The van der Waals surface area contributed by atoms with Crippen molar-refractivity contribution >= 4 is 0 Å². The molecule has 82 valence electrons. The second kappa shape index (κ2) is 3.24. The molecule has 1 aliphatic rings. The number of hydrogen-bond donors (Lipinski definition) is 1. The van der Waals surface area contributed by atoms with Crippen LogP contribution in [0, 0.1) is 0 Å². The smallest absolute Gasteiger partial charge is 0.119 e. The van der Waals surface area contributed by atoms with Gasteiger partial charge in [0.25, 0.3) is 0 Å². The molecule has 0 aromatic heterocycles. The molecule has 2 nitrogen and oxygen atoms in total. The maximum absolute atomic E-state index is 6.31. The van der Waals surface area contributed by atoms with Crippen LogP contribution in [-0.4, -0.2) is 12.6 Å². The molecule has 2 N–H and O–H groups in total. The zero-order valence-electron chi connectivity index (χ0n) is 9.71. The summed E-state index contributed by atoms with van der Waals surface area (Å²) in [4.78, 5) is 0. The quantitative estimate of drug-likeness (QED) is 0.822. The van der Waals surface area contributed by atoms with Gasteiger partial charge in [0.2, 0.25) is 0 Å². The summed E-state index contributed by atoms with van der Waals surface area (Å²) in [6, 6.07) is 8.22.